The Labute approximate surface area is 148 Å². The van der Waals surface area contributed by atoms with E-state index in [0.717, 1.165) is 12.1 Å². The molecule has 2 aromatic rings. The van der Waals surface area contributed by atoms with Gasteiger partial charge in [-0.15, -0.1) is 0 Å². The lowest BCUT2D eigenvalue weighted by atomic mass is 10.2. The molecule has 0 unspecified atom stereocenters. The first kappa shape index (κ1) is 19.6. The molecule has 0 spiro atoms. The largest absolute Gasteiger partial charge is 0.491 e. The van der Waals surface area contributed by atoms with E-state index in [2.05, 4.69) is 5.32 Å². The van der Waals surface area contributed by atoms with Crippen LogP contribution in [0.4, 0.5) is 18.9 Å². The highest BCUT2D eigenvalue weighted by Gasteiger charge is 2.30. The molecule has 0 fully saturated rings. The Morgan fingerprint density at radius 2 is 1.73 bits per heavy atom. The average Bonchev–Trinajstić information content (AvgIpc) is 2.61. The number of carbonyl (C=O) groups excluding carboxylic acids is 1. The van der Waals surface area contributed by atoms with Crippen LogP contribution in [0, 0.1) is 0 Å². The fraction of sp³-hybridized carbons (Fsp3) is 0.278. The van der Waals surface area contributed by atoms with Gasteiger partial charge in [0, 0.05) is 12.8 Å². The number of amides is 1. The van der Waals surface area contributed by atoms with E-state index in [1.54, 1.807) is 31.4 Å². The molecule has 0 aliphatic carbocycles. The van der Waals surface area contributed by atoms with Gasteiger partial charge in [-0.3, -0.25) is 4.79 Å². The van der Waals surface area contributed by atoms with Crippen LogP contribution in [0.1, 0.15) is 5.56 Å². The molecule has 2 aromatic carbocycles. The van der Waals surface area contributed by atoms with Crippen LogP contribution in [0.15, 0.2) is 48.5 Å². The van der Waals surface area contributed by atoms with Crippen molar-refractivity contribution >= 4 is 11.6 Å². The number of methoxy groups -OCH3 is 1. The van der Waals surface area contributed by atoms with E-state index >= 15 is 0 Å². The highest BCUT2D eigenvalue weighted by Crippen LogP contribution is 2.31. The molecular weight excluding hydrogens is 351 g/mol. The summed E-state index contributed by atoms with van der Waals surface area (Å²) in [6, 6.07) is 11.0. The molecule has 140 valence electrons. The molecule has 0 aliphatic rings. The number of benzene rings is 2. The molecule has 1 N–H and O–H groups in total. The van der Waals surface area contributed by atoms with E-state index in [9.17, 15) is 18.0 Å². The summed E-state index contributed by atoms with van der Waals surface area (Å²) in [6.45, 7) is 0.464. The number of nitrogens with one attached hydrogen (secondary N) is 1. The minimum absolute atomic E-state index is 0.0307. The maximum absolute atomic E-state index is 12.6. The second kappa shape index (κ2) is 9.10. The molecule has 0 aliphatic heterocycles. The van der Waals surface area contributed by atoms with Crippen LogP contribution in [-0.4, -0.2) is 32.8 Å². The first-order chi connectivity index (χ1) is 12.4. The fourth-order valence-corrected chi connectivity index (χ4v) is 1.99. The third-order valence-corrected chi connectivity index (χ3v) is 3.23. The molecule has 0 atom stereocenters. The van der Waals surface area contributed by atoms with Gasteiger partial charge in [-0.05, 0) is 42.5 Å². The molecule has 0 saturated heterocycles. The second-order valence-corrected chi connectivity index (χ2v) is 5.23. The summed E-state index contributed by atoms with van der Waals surface area (Å²) < 4.78 is 53.3. The maximum Gasteiger partial charge on any atom is 0.416 e. The van der Waals surface area contributed by atoms with Gasteiger partial charge in [0.2, 0.25) is 0 Å². The molecule has 0 aromatic heterocycles. The molecule has 8 heteroatoms. The number of ether oxygens (including phenoxy) is 3. The Balaban J connectivity index is 1.83. The van der Waals surface area contributed by atoms with Gasteiger partial charge >= 0.3 is 6.18 Å². The highest BCUT2D eigenvalue weighted by atomic mass is 19.4. The molecule has 0 radical (unpaired) electrons. The van der Waals surface area contributed by atoms with Crippen LogP contribution >= 0.6 is 0 Å². The number of halogens is 3. The monoisotopic (exact) mass is 369 g/mol. The minimum Gasteiger partial charge on any atom is -0.491 e. The van der Waals surface area contributed by atoms with E-state index in [-0.39, 0.29) is 5.75 Å². The Morgan fingerprint density at radius 3 is 2.38 bits per heavy atom. The van der Waals surface area contributed by atoms with Crippen LogP contribution < -0.4 is 14.8 Å². The maximum atomic E-state index is 12.6. The quantitative estimate of drug-likeness (QED) is 0.720. The van der Waals surface area contributed by atoms with E-state index in [1.165, 1.54) is 12.1 Å². The first-order valence-electron chi connectivity index (χ1n) is 7.70. The number of alkyl halides is 3. The lowest BCUT2D eigenvalue weighted by Crippen LogP contribution is -2.20. The number of hydrogen-bond acceptors (Lipinski definition) is 4. The number of rotatable bonds is 8. The van der Waals surface area contributed by atoms with Gasteiger partial charge in [-0.1, -0.05) is 6.07 Å². The minimum atomic E-state index is -4.46. The van der Waals surface area contributed by atoms with Crippen molar-refractivity contribution in [3.05, 3.63) is 54.1 Å². The van der Waals surface area contributed by atoms with Gasteiger partial charge in [0.25, 0.3) is 5.91 Å². The summed E-state index contributed by atoms with van der Waals surface area (Å²) in [6.07, 6.45) is -4.46. The van der Waals surface area contributed by atoms with Gasteiger partial charge in [-0.2, -0.15) is 13.2 Å². The predicted molar refractivity (Wildman–Crippen MR) is 89.4 cm³/mol. The Kier molecular flexibility index (Phi) is 6.85. The average molecular weight is 369 g/mol. The third kappa shape index (κ3) is 6.29. The molecule has 0 saturated carbocycles. The zero-order valence-electron chi connectivity index (χ0n) is 14.0. The van der Waals surface area contributed by atoms with Crippen molar-refractivity contribution in [3.63, 3.8) is 0 Å². The van der Waals surface area contributed by atoms with Crippen molar-refractivity contribution in [2.45, 2.75) is 6.18 Å². The zero-order valence-corrected chi connectivity index (χ0v) is 14.0. The van der Waals surface area contributed by atoms with Crippen molar-refractivity contribution in [1.82, 2.24) is 0 Å². The Bertz CT molecular complexity index is 717. The van der Waals surface area contributed by atoms with Crippen LogP contribution in [0.5, 0.6) is 11.5 Å². The Morgan fingerprint density at radius 1 is 1.00 bits per heavy atom. The van der Waals surface area contributed by atoms with Crippen molar-refractivity contribution in [1.29, 1.82) is 0 Å². The van der Waals surface area contributed by atoms with E-state index in [0.29, 0.717) is 24.7 Å². The van der Waals surface area contributed by atoms with Gasteiger partial charge < -0.3 is 19.5 Å². The summed E-state index contributed by atoms with van der Waals surface area (Å²) in [7, 11) is 1.57. The van der Waals surface area contributed by atoms with Crippen LogP contribution in [0.2, 0.25) is 0 Å². The molecule has 0 bridgehead atoms. The zero-order chi connectivity index (χ0) is 19.0. The van der Waals surface area contributed by atoms with E-state index in [4.69, 9.17) is 14.2 Å². The van der Waals surface area contributed by atoms with Crippen molar-refractivity contribution in [2.24, 2.45) is 0 Å². The molecule has 26 heavy (non-hydrogen) atoms. The summed E-state index contributed by atoms with van der Waals surface area (Å²) in [5.41, 5.74) is -0.318. The first-order valence-corrected chi connectivity index (χ1v) is 7.70. The molecule has 0 heterocycles. The summed E-state index contributed by atoms with van der Waals surface area (Å²) in [5.74, 6) is 0.104. The fourth-order valence-electron chi connectivity index (χ4n) is 1.99. The van der Waals surface area contributed by atoms with E-state index in [1.807, 2.05) is 0 Å². The third-order valence-electron chi connectivity index (χ3n) is 3.23. The molecule has 1 amide bonds. The second-order valence-electron chi connectivity index (χ2n) is 5.23. The number of carbonyl (C=O) groups is 1. The summed E-state index contributed by atoms with van der Waals surface area (Å²) in [4.78, 5) is 11.9. The van der Waals surface area contributed by atoms with E-state index < -0.39 is 24.3 Å². The molecule has 2 rings (SSSR count). The van der Waals surface area contributed by atoms with Gasteiger partial charge in [0.05, 0.1) is 12.2 Å². The molecular formula is C18H18F3NO4. The summed E-state index contributed by atoms with van der Waals surface area (Å²) >= 11 is 0. The Hall–Kier alpha value is -2.74. The van der Waals surface area contributed by atoms with Crippen LogP contribution in [-0.2, 0) is 15.7 Å². The van der Waals surface area contributed by atoms with Crippen molar-refractivity contribution in [3.8, 4) is 11.5 Å². The van der Waals surface area contributed by atoms with Gasteiger partial charge in [0.15, 0.2) is 6.61 Å². The molecule has 5 nitrogen and oxygen atoms in total. The summed E-state index contributed by atoms with van der Waals surface area (Å²) in [5, 5.41) is 2.59. The van der Waals surface area contributed by atoms with Gasteiger partial charge in [-0.25, -0.2) is 0 Å². The van der Waals surface area contributed by atoms with Crippen molar-refractivity contribution in [2.75, 3.05) is 32.2 Å². The lowest BCUT2D eigenvalue weighted by Gasteiger charge is -2.11. The predicted octanol–water partition coefficient (Wildman–Crippen LogP) is 3.75. The lowest BCUT2D eigenvalue weighted by molar-refractivity contribution is -0.137. The smallest absolute Gasteiger partial charge is 0.416 e. The topological polar surface area (TPSA) is 56.8 Å². The standard InChI is InChI=1S/C18H18F3NO4/c1-24-9-10-25-15-7-5-14(6-8-15)22-17(23)12-26-16-4-2-3-13(11-16)18(19,20)21/h2-8,11H,9-10,12H2,1H3,(H,22,23). The highest BCUT2D eigenvalue weighted by molar-refractivity contribution is 5.91. The van der Waals surface area contributed by atoms with Gasteiger partial charge in [0.1, 0.15) is 18.1 Å². The van der Waals surface area contributed by atoms with Crippen LogP contribution in [0.25, 0.3) is 0 Å². The normalized spacial score (nSPS) is 11.1. The number of hydrogen-bond donors (Lipinski definition) is 1. The SMILES string of the molecule is COCCOc1ccc(NC(=O)COc2cccc(C(F)(F)F)c2)cc1. The van der Waals surface area contributed by atoms with Crippen molar-refractivity contribution < 1.29 is 32.2 Å². The number of anilines is 1. The van der Waals surface area contributed by atoms with Crippen LogP contribution in [0.3, 0.4) is 0 Å².